The van der Waals surface area contributed by atoms with Gasteiger partial charge in [-0.25, -0.2) is 0 Å². The SMILES string of the molecule is Cc1cc(Br)c2nc3c(c(Cl)c2c1)CCCC3. The number of aromatic nitrogens is 1. The van der Waals surface area contributed by atoms with Gasteiger partial charge < -0.3 is 0 Å². The molecule has 3 rings (SSSR count). The number of rotatable bonds is 0. The van der Waals surface area contributed by atoms with Gasteiger partial charge in [0.15, 0.2) is 0 Å². The molecule has 0 aliphatic heterocycles. The van der Waals surface area contributed by atoms with Crippen LogP contribution in [0.3, 0.4) is 0 Å². The van der Waals surface area contributed by atoms with Crippen LogP contribution in [-0.2, 0) is 12.8 Å². The summed E-state index contributed by atoms with van der Waals surface area (Å²) in [5.41, 5.74) is 4.67. The van der Waals surface area contributed by atoms with Crippen molar-refractivity contribution in [1.29, 1.82) is 0 Å². The molecule has 1 aliphatic rings. The van der Waals surface area contributed by atoms with Crippen LogP contribution >= 0.6 is 27.5 Å². The van der Waals surface area contributed by atoms with Gasteiger partial charge in [-0.3, -0.25) is 4.98 Å². The first-order valence-electron chi connectivity index (χ1n) is 5.94. The van der Waals surface area contributed by atoms with E-state index in [0.717, 1.165) is 33.2 Å². The predicted octanol–water partition coefficient (Wildman–Crippen LogP) is 4.84. The second kappa shape index (κ2) is 4.25. The first kappa shape index (κ1) is 11.5. The van der Waals surface area contributed by atoms with Crippen LogP contribution < -0.4 is 0 Å². The summed E-state index contributed by atoms with van der Waals surface area (Å²) in [7, 11) is 0. The Morgan fingerprint density at radius 3 is 2.82 bits per heavy atom. The Morgan fingerprint density at radius 1 is 1.24 bits per heavy atom. The number of hydrogen-bond donors (Lipinski definition) is 0. The van der Waals surface area contributed by atoms with E-state index in [9.17, 15) is 0 Å². The fourth-order valence-electron chi connectivity index (χ4n) is 2.56. The summed E-state index contributed by atoms with van der Waals surface area (Å²) in [4.78, 5) is 4.79. The Hall–Kier alpha value is -0.600. The molecule has 0 amide bonds. The lowest BCUT2D eigenvalue weighted by atomic mass is 9.94. The first-order chi connectivity index (χ1) is 8.16. The molecular formula is C14H13BrClN. The average molecular weight is 311 g/mol. The maximum Gasteiger partial charge on any atom is 0.0862 e. The van der Waals surface area contributed by atoms with Crippen molar-refractivity contribution in [1.82, 2.24) is 4.98 Å². The van der Waals surface area contributed by atoms with Gasteiger partial charge in [-0.15, -0.1) is 0 Å². The van der Waals surface area contributed by atoms with Gasteiger partial charge in [-0.1, -0.05) is 11.6 Å². The van der Waals surface area contributed by atoms with Gasteiger partial charge in [0.25, 0.3) is 0 Å². The summed E-state index contributed by atoms with van der Waals surface area (Å²) in [6, 6.07) is 4.23. The maximum absolute atomic E-state index is 6.54. The number of pyridine rings is 1. The molecule has 0 bridgehead atoms. The molecule has 1 aromatic carbocycles. The normalized spacial score (nSPS) is 15.0. The van der Waals surface area contributed by atoms with Crippen molar-refractivity contribution in [3.63, 3.8) is 0 Å². The molecule has 0 saturated heterocycles. The van der Waals surface area contributed by atoms with Crippen LogP contribution in [0.2, 0.25) is 5.02 Å². The fraction of sp³-hybridized carbons (Fsp3) is 0.357. The van der Waals surface area contributed by atoms with Crippen molar-refractivity contribution in [2.45, 2.75) is 32.6 Å². The Kier molecular flexibility index (Phi) is 2.87. The number of halogens is 2. The third kappa shape index (κ3) is 1.88. The Morgan fingerprint density at radius 2 is 2.00 bits per heavy atom. The topological polar surface area (TPSA) is 12.9 Å². The molecule has 1 aliphatic carbocycles. The smallest absolute Gasteiger partial charge is 0.0862 e. The Labute approximate surface area is 114 Å². The minimum atomic E-state index is 0.911. The highest BCUT2D eigenvalue weighted by Crippen LogP contribution is 2.36. The third-order valence-electron chi connectivity index (χ3n) is 3.39. The van der Waals surface area contributed by atoms with Gasteiger partial charge in [-0.05, 0) is 71.8 Å². The van der Waals surface area contributed by atoms with Gasteiger partial charge in [0.2, 0.25) is 0 Å². The molecule has 0 N–H and O–H groups in total. The van der Waals surface area contributed by atoms with E-state index in [-0.39, 0.29) is 0 Å². The maximum atomic E-state index is 6.54. The quantitative estimate of drug-likeness (QED) is 0.678. The van der Waals surface area contributed by atoms with Crippen LogP contribution in [0, 0.1) is 6.92 Å². The molecule has 0 unspecified atom stereocenters. The molecule has 3 heteroatoms. The zero-order valence-corrected chi connectivity index (χ0v) is 12.0. The monoisotopic (exact) mass is 309 g/mol. The predicted molar refractivity (Wildman–Crippen MR) is 75.8 cm³/mol. The number of nitrogens with zero attached hydrogens (tertiary/aromatic N) is 1. The van der Waals surface area contributed by atoms with Crippen molar-refractivity contribution in [3.05, 3.63) is 38.4 Å². The lowest BCUT2D eigenvalue weighted by Gasteiger charge is -2.18. The van der Waals surface area contributed by atoms with E-state index >= 15 is 0 Å². The third-order valence-corrected chi connectivity index (χ3v) is 4.43. The zero-order valence-electron chi connectivity index (χ0n) is 9.69. The first-order valence-corrected chi connectivity index (χ1v) is 7.11. The molecule has 0 saturated carbocycles. The van der Waals surface area contributed by atoms with E-state index in [4.69, 9.17) is 16.6 Å². The molecule has 2 aromatic rings. The fourth-order valence-corrected chi connectivity index (χ4v) is 3.57. The molecule has 1 heterocycles. The van der Waals surface area contributed by atoms with Gasteiger partial charge >= 0.3 is 0 Å². The van der Waals surface area contributed by atoms with Gasteiger partial charge in [-0.2, -0.15) is 0 Å². The molecule has 0 atom stereocenters. The van der Waals surface area contributed by atoms with Crippen molar-refractivity contribution >= 4 is 38.4 Å². The summed E-state index contributed by atoms with van der Waals surface area (Å²) < 4.78 is 1.04. The lowest BCUT2D eigenvalue weighted by molar-refractivity contribution is 0.671. The number of hydrogen-bond acceptors (Lipinski definition) is 1. The highest BCUT2D eigenvalue weighted by molar-refractivity contribution is 9.10. The molecule has 88 valence electrons. The van der Waals surface area contributed by atoms with Gasteiger partial charge in [0.1, 0.15) is 0 Å². The highest BCUT2D eigenvalue weighted by atomic mass is 79.9. The molecule has 1 aromatic heterocycles. The van der Waals surface area contributed by atoms with Crippen LogP contribution in [0.15, 0.2) is 16.6 Å². The van der Waals surface area contributed by atoms with Crippen LogP contribution in [0.1, 0.15) is 29.7 Å². The second-order valence-electron chi connectivity index (χ2n) is 4.70. The molecule has 17 heavy (non-hydrogen) atoms. The van der Waals surface area contributed by atoms with Crippen LogP contribution in [0.5, 0.6) is 0 Å². The van der Waals surface area contributed by atoms with E-state index in [2.05, 4.69) is 35.0 Å². The largest absolute Gasteiger partial charge is 0.251 e. The minimum absolute atomic E-state index is 0.911. The molecule has 0 fully saturated rings. The van der Waals surface area contributed by atoms with Gasteiger partial charge in [0.05, 0.1) is 10.5 Å². The standard InChI is InChI=1S/C14H13BrClN/c1-8-6-10-13(16)9-4-2-3-5-12(9)17-14(10)11(15)7-8/h6-7H,2-5H2,1H3. The number of aryl methyl sites for hydroxylation is 2. The van der Waals surface area contributed by atoms with Crippen molar-refractivity contribution in [2.24, 2.45) is 0 Å². The minimum Gasteiger partial charge on any atom is -0.251 e. The lowest BCUT2D eigenvalue weighted by Crippen LogP contribution is -2.06. The Balaban J connectivity index is 2.40. The number of benzene rings is 1. The summed E-state index contributed by atoms with van der Waals surface area (Å²) in [5.74, 6) is 0. The van der Waals surface area contributed by atoms with E-state index in [1.165, 1.54) is 29.7 Å². The second-order valence-corrected chi connectivity index (χ2v) is 5.93. The Bertz CT molecular complexity index is 607. The van der Waals surface area contributed by atoms with Crippen molar-refractivity contribution in [3.8, 4) is 0 Å². The van der Waals surface area contributed by atoms with Crippen LogP contribution in [0.4, 0.5) is 0 Å². The average Bonchev–Trinajstić information content (AvgIpc) is 2.31. The molecule has 0 radical (unpaired) electrons. The summed E-state index contributed by atoms with van der Waals surface area (Å²) in [6.07, 6.45) is 4.59. The molecular weight excluding hydrogens is 298 g/mol. The zero-order chi connectivity index (χ0) is 12.0. The van der Waals surface area contributed by atoms with E-state index in [1.807, 2.05) is 0 Å². The van der Waals surface area contributed by atoms with E-state index < -0.39 is 0 Å². The van der Waals surface area contributed by atoms with E-state index in [0.29, 0.717) is 0 Å². The summed E-state index contributed by atoms with van der Waals surface area (Å²) in [5, 5.41) is 1.99. The van der Waals surface area contributed by atoms with Gasteiger partial charge in [0, 0.05) is 15.6 Å². The summed E-state index contributed by atoms with van der Waals surface area (Å²) in [6.45, 7) is 2.08. The van der Waals surface area contributed by atoms with Crippen molar-refractivity contribution < 1.29 is 0 Å². The van der Waals surface area contributed by atoms with Crippen LogP contribution in [0.25, 0.3) is 10.9 Å². The van der Waals surface area contributed by atoms with Crippen molar-refractivity contribution in [2.75, 3.05) is 0 Å². The molecule has 0 spiro atoms. The number of fused-ring (bicyclic) bond motifs is 2. The summed E-state index contributed by atoms with van der Waals surface area (Å²) >= 11 is 10.1. The molecule has 1 nitrogen and oxygen atoms in total. The van der Waals surface area contributed by atoms with Crippen LogP contribution in [-0.4, -0.2) is 4.98 Å². The highest BCUT2D eigenvalue weighted by Gasteiger charge is 2.18. The van der Waals surface area contributed by atoms with E-state index in [1.54, 1.807) is 0 Å².